The van der Waals surface area contributed by atoms with Crippen molar-refractivity contribution in [2.75, 3.05) is 7.11 Å². The molecular weight excluding hydrogens is 260 g/mol. The van der Waals surface area contributed by atoms with Gasteiger partial charge in [-0.15, -0.1) is 0 Å². The van der Waals surface area contributed by atoms with Crippen LogP contribution in [-0.4, -0.2) is 12.2 Å². The van der Waals surface area contributed by atoms with E-state index in [2.05, 4.69) is 26.0 Å². The van der Waals surface area contributed by atoms with Crippen LogP contribution in [0.3, 0.4) is 0 Å². The number of ether oxygens (including phenoxy) is 1. The Morgan fingerprint density at radius 2 is 1.57 bits per heavy atom. The molecule has 0 atom stereocenters. The summed E-state index contributed by atoms with van der Waals surface area (Å²) in [6, 6.07) is 4.28. The second-order valence-corrected chi connectivity index (χ2v) is 7.72. The van der Waals surface area contributed by atoms with Crippen LogP contribution in [0.1, 0.15) is 48.8 Å². The van der Waals surface area contributed by atoms with Crippen LogP contribution < -0.4 is 4.74 Å². The second kappa shape index (κ2) is 4.49. The van der Waals surface area contributed by atoms with Crippen molar-refractivity contribution >= 4 is 0 Å². The first-order chi connectivity index (χ1) is 10.0. The number of rotatable bonds is 2. The van der Waals surface area contributed by atoms with E-state index in [1.54, 1.807) is 7.11 Å². The molecule has 0 amide bonds. The van der Waals surface area contributed by atoms with E-state index in [1.807, 2.05) is 0 Å². The third kappa shape index (κ3) is 1.75. The molecule has 0 aliphatic heterocycles. The van der Waals surface area contributed by atoms with Gasteiger partial charge < -0.3 is 9.84 Å². The minimum atomic E-state index is -0.656. The number of hydrogen-bond acceptors (Lipinski definition) is 2. The predicted molar refractivity (Wildman–Crippen MR) is 83.4 cm³/mol. The summed E-state index contributed by atoms with van der Waals surface area (Å²) in [5.41, 5.74) is 2.82. The predicted octanol–water partition coefficient (Wildman–Crippen LogP) is 3.96. The highest BCUT2D eigenvalue weighted by Gasteiger charge is 2.58. The lowest BCUT2D eigenvalue weighted by atomic mass is 9.48. The molecule has 1 N–H and O–H groups in total. The lowest BCUT2D eigenvalue weighted by molar-refractivity contribution is -0.180. The standard InChI is InChI=1S/C19H26O2/c1-11-4-5-17(18(21-3)12(11)2)19(20)15-7-13-6-14(9-15)10-16(19)8-13/h4-5,13-16,20H,6-10H2,1-3H3. The molecule has 4 aliphatic carbocycles. The smallest absolute Gasteiger partial charge is 0.128 e. The zero-order valence-electron chi connectivity index (χ0n) is 13.4. The lowest BCUT2D eigenvalue weighted by Gasteiger charge is -2.59. The van der Waals surface area contributed by atoms with Gasteiger partial charge in [-0.1, -0.05) is 12.1 Å². The van der Waals surface area contributed by atoms with Gasteiger partial charge in [0.2, 0.25) is 0 Å². The van der Waals surface area contributed by atoms with E-state index >= 15 is 0 Å². The molecule has 1 aromatic rings. The highest BCUT2D eigenvalue weighted by molar-refractivity contribution is 5.49. The van der Waals surface area contributed by atoms with Gasteiger partial charge in [0.05, 0.1) is 12.7 Å². The topological polar surface area (TPSA) is 29.5 Å². The number of aliphatic hydroxyl groups is 1. The molecule has 0 heterocycles. The summed E-state index contributed by atoms with van der Waals surface area (Å²) in [5, 5.41) is 11.7. The normalized spacial score (nSPS) is 40.6. The first kappa shape index (κ1) is 13.6. The Labute approximate surface area is 127 Å². The van der Waals surface area contributed by atoms with E-state index in [0.29, 0.717) is 11.8 Å². The highest BCUT2D eigenvalue weighted by Crippen LogP contribution is 2.62. The van der Waals surface area contributed by atoms with E-state index < -0.39 is 5.60 Å². The van der Waals surface area contributed by atoms with Gasteiger partial charge in [-0.05, 0) is 80.8 Å². The Morgan fingerprint density at radius 3 is 2.10 bits per heavy atom. The maximum atomic E-state index is 11.7. The number of aryl methyl sites for hydroxylation is 1. The largest absolute Gasteiger partial charge is 0.496 e. The summed E-state index contributed by atoms with van der Waals surface area (Å²) in [6.45, 7) is 4.22. The van der Waals surface area contributed by atoms with Crippen LogP contribution in [0.4, 0.5) is 0 Å². The molecule has 1 aromatic carbocycles. The Hall–Kier alpha value is -1.02. The van der Waals surface area contributed by atoms with Crippen molar-refractivity contribution in [1.29, 1.82) is 0 Å². The minimum absolute atomic E-state index is 0.435. The van der Waals surface area contributed by atoms with Gasteiger partial charge in [-0.25, -0.2) is 0 Å². The molecule has 0 spiro atoms. The maximum absolute atomic E-state index is 11.7. The van der Waals surface area contributed by atoms with Gasteiger partial charge in [-0.2, -0.15) is 0 Å². The van der Waals surface area contributed by atoms with Crippen LogP contribution in [0.25, 0.3) is 0 Å². The highest BCUT2D eigenvalue weighted by atomic mass is 16.5. The zero-order chi connectivity index (χ0) is 14.8. The van der Waals surface area contributed by atoms with Crippen LogP contribution in [0.5, 0.6) is 5.75 Å². The quantitative estimate of drug-likeness (QED) is 0.892. The first-order valence-corrected chi connectivity index (χ1v) is 8.41. The van der Waals surface area contributed by atoms with Crippen molar-refractivity contribution in [3.05, 3.63) is 28.8 Å². The van der Waals surface area contributed by atoms with Crippen molar-refractivity contribution in [3.8, 4) is 5.75 Å². The summed E-state index contributed by atoms with van der Waals surface area (Å²) in [7, 11) is 1.74. The molecule has 4 aliphatic rings. The number of hydrogen-bond donors (Lipinski definition) is 1. The fraction of sp³-hybridized carbons (Fsp3) is 0.684. The van der Waals surface area contributed by atoms with E-state index in [1.165, 1.54) is 43.2 Å². The zero-order valence-corrected chi connectivity index (χ0v) is 13.4. The Balaban J connectivity index is 1.84. The summed E-state index contributed by atoms with van der Waals surface area (Å²) in [5.74, 6) is 3.52. The molecule has 5 rings (SSSR count). The molecule has 0 saturated heterocycles. The Bertz CT molecular complexity index is 547. The SMILES string of the molecule is COc1c(C2(O)C3CC4CC(C3)CC2C4)ccc(C)c1C. The van der Waals surface area contributed by atoms with Crippen molar-refractivity contribution in [1.82, 2.24) is 0 Å². The summed E-state index contributed by atoms with van der Waals surface area (Å²) in [6.07, 6.45) is 6.24. The average Bonchev–Trinajstić information content (AvgIpc) is 2.46. The second-order valence-electron chi connectivity index (χ2n) is 7.72. The monoisotopic (exact) mass is 286 g/mol. The van der Waals surface area contributed by atoms with Crippen molar-refractivity contribution < 1.29 is 9.84 Å². The molecule has 4 saturated carbocycles. The fourth-order valence-electron chi connectivity index (χ4n) is 5.71. The Kier molecular flexibility index (Phi) is 2.91. The summed E-state index contributed by atoms with van der Waals surface area (Å²) < 4.78 is 5.72. The third-order valence-corrected chi connectivity index (χ3v) is 6.70. The molecule has 0 unspecified atom stereocenters. The van der Waals surface area contributed by atoms with Crippen molar-refractivity contribution in [2.45, 2.75) is 51.6 Å². The summed E-state index contributed by atoms with van der Waals surface area (Å²) in [4.78, 5) is 0. The van der Waals surface area contributed by atoms with E-state index in [0.717, 1.165) is 23.1 Å². The van der Waals surface area contributed by atoms with E-state index in [9.17, 15) is 5.11 Å². The molecule has 2 heteroatoms. The van der Waals surface area contributed by atoms with Crippen LogP contribution in [0.2, 0.25) is 0 Å². The number of benzene rings is 1. The van der Waals surface area contributed by atoms with Gasteiger partial charge in [0.1, 0.15) is 5.75 Å². The summed E-state index contributed by atoms with van der Waals surface area (Å²) >= 11 is 0. The van der Waals surface area contributed by atoms with Gasteiger partial charge in [0.15, 0.2) is 0 Å². The van der Waals surface area contributed by atoms with Gasteiger partial charge in [0, 0.05) is 5.56 Å². The van der Waals surface area contributed by atoms with Crippen LogP contribution in [-0.2, 0) is 5.60 Å². The molecule has 21 heavy (non-hydrogen) atoms. The molecule has 0 aromatic heterocycles. The Morgan fingerprint density at radius 1 is 1.00 bits per heavy atom. The third-order valence-electron chi connectivity index (χ3n) is 6.70. The average molecular weight is 286 g/mol. The maximum Gasteiger partial charge on any atom is 0.128 e. The molecule has 4 fully saturated rings. The fourth-order valence-corrected chi connectivity index (χ4v) is 5.71. The van der Waals surface area contributed by atoms with E-state index in [4.69, 9.17) is 4.74 Å². The van der Waals surface area contributed by atoms with Gasteiger partial charge in [0.25, 0.3) is 0 Å². The molecule has 2 nitrogen and oxygen atoms in total. The first-order valence-electron chi connectivity index (χ1n) is 8.41. The van der Waals surface area contributed by atoms with Gasteiger partial charge >= 0.3 is 0 Å². The van der Waals surface area contributed by atoms with Crippen molar-refractivity contribution in [2.24, 2.45) is 23.7 Å². The molecule has 114 valence electrons. The number of methoxy groups -OCH3 is 1. The lowest BCUT2D eigenvalue weighted by Crippen LogP contribution is -2.55. The van der Waals surface area contributed by atoms with Crippen LogP contribution in [0, 0.1) is 37.5 Å². The molecule has 0 radical (unpaired) electrons. The van der Waals surface area contributed by atoms with Crippen LogP contribution >= 0.6 is 0 Å². The molecule has 4 bridgehead atoms. The minimum Gasteiger partial charge on any atom is -0.496 e. The van der Waals surface area contributed by atoms with Crippen LogP contribution in [0.15, 0.2) is 12.1 Å². The van der Waals surface area contributed by atoms with Crippen molar-refractivity contribution in [3.63, 3.8) is 0 Å². The van der Waals surface area contributed by atoms with E-state index in [-0.39, 0.29) is 0 Å². The molecular formula is C19H26O2. The van der Waals surface area contributed by atoms with Gasteiger partial charge in [-0.3, -0.25) is 0 Å².